The van der Waals surface area contributed by atoms with Gasteiger partial charge in [-0.25, -0.2) is 0 Å². The van der Waals surface area contributed by atoms with E-state index in [1.54, 1.807) is 0 Å². The van der Waals surface area contributed by atoms with Gasteiger partial charge in [0.25, 0.3) is 0 Å². The van der Waals surface area contributed by atoms with Gasteiger partial charge in [0.15, 0.2) is 6.29 Å². The van der Waals surface area contributed by atoms with Crippen LogP contribution >= 0.6 is 0 Å². The van der Waals surface area contributed by atoms with Crippen LogP contribution in [0.4, 0.5) is 0 Å². The van der Waals surface area contributed by atoms with E-state index in [9.17, 15) is 0 Å². The van der Waals surface area contributed by atoms with Crippen molar-refractivity contribution in [1.82, 2.24) is 9.88 Å². The van der Waals surface area contributed by atoms with Crippen LogP contribution in [0, 0.1) is 6.92 Å². The molecular formula is C14H22N2O2. The van der Waals surface area contributed by atoms with Crippen LogP contribution in [0.2, 0.25) is 0 Å². The Morgan fingerprint density at radius 2 is 2.11 bits per heavy atom. The first-order valence-electron chi connectivity index (χ1n) is 6.58. The molecule has 0 amide bonds. The summed E-state index contributed by atoms with van der Waals surface area (Å²) >= 11 is 0. The Kier molecular flexibility index (Phi) is 5.11. The van der Waals surface area contributed by atoms with Gasteiger partial charge in [0.2, 0.25) is 0 Å². The van der Waals surface area contributed by atoms with Crippen LogP contribution in [0.5, 0.6) is 0 Å². The van der Waals surface area contributed by atoms with Gasteiger partial charge in [0.1, 0.15) is 0 Å². The fraction of sp³-hybridized carbons (Fsp3) is 0.643. The Labute approximate surface area is 109 Å². The van der Waals surface area contributed by atoms with Gasteiger partial charge in [-0.1, -0.05) is 6.07 Å². The van der Waals surface area contributed by atoms with Crippen LogP contribution in [-0.2, 0) is 16.0 Å². The highest BCUT2D eigenvalue weighted by Crippen LogP contribution is 2.10. The zero-order valence-electron chi connectivity index (χ0n) is 11.3. The summed E-state index contributed by atoms with van der Waals surface area (Å²) in [4.78, 5) is 6.76. The lowest BCUT2D eigenvalue weighted by atomic mass is 10.3. The molecule has 2 rings (SSSR count). The van der Waals surface area contributed by atoms with Crippen LogP contribution in [-0.4, -0.2) is 43.0 Å². The third-order valence-corrected chi connectivity index (χ3v) is 3.02. The summed E-state index contributed by atoms with van der Waals surface area (Å²) in [5.41, 5.74) is 2.18. The van der Waals surface area contributed by atoms with E-state index in [2.05, 4.69) is 29.1 Å². The molecule has 1 aliphatic rings. The van der Waals surface area contributed by atoms with Gasteiger partial charge in [-0.2, -0.15) is 0 Å². The van der Waals surface area contributed by atoms with E-state index in [0.29, 0.717) is 0 Å². The fourth-order valence-corrected chi connectivity index (χ4v) is 2.07. The number of aryl methyl sites for hydroxylation is 1. The maximum Gasteiger partial charge on any atom is 0.158 e. The van der Waals surface area contributed by atoms with Crippen molar-refractivity contribution in [3.8, 4) is 0 Å². The minimum absolute atomic E-state index is 0.0216. The van der Waals surface area contributed by atoms with Gasteiger partial charge in [-0.15, -0.1) is 0 Å². The number of rotatable bonds is 5. The Morgan fingerprint density at radius 3 is 2.83 bits per heavy atom. The van der Waals surface area contributed by atoms with Gasteiger partial charge in [-0.05, 0) is 32.5 Å². The van der Waals surface area contributed by atoms with E-state index in [1.165, 1.54) is 0 Å². The maximum absolute atomic E-state index is 5.53. The van der Waals surface area contributed by atoms with Crippen LogP contribution in [0.15, 0.2) is 18.2 Å². The molecule has 18 heavy (non-hydrogen) atoms. The summed E-state index contributed by atoms with van der Waals surface area (Å²) in [6, 6.07) is 6.14. The lowest BCUT2D eigenvalue weighted by molar-refractivity contribution is -0.182. The summed E-state index contributed by atoms with van der Waals surface area (Å²) in [6.07, 6.45) is 1.91. The van der Waals surface area contributed by atoms with Crippen LogP contribution in [0.25, 0.3) is 0 Å². The van der Waals surface area contributed by atoms with Crippen LogP contribution in [0.1, 0.15) is 24.2 Å². The third kappa shape index (κ3) is 4.37. The van der Waals surface area contributed by atoms with E-state index < -0.39 is 0 Å². The smallest absolute Gasteiger partial charge is 0.158 e. The van der Waals surface area contributed by atoms with Gasteiger partial charge in [0, 0.05) is 25.2 Å². The van der Waals surface area contributed by atoms with Gasteiger partial charge < -0.3 is 14.4 Å². The van der Waals surface area contributed by atoms with E-state index >= 15 is 0 Å². The van der Waals surface area contributed by atoms with Crippen molar-refractivity contribution < 1.29 is 9.47 Å². The first kappa shape index (κ1) is 13.5. The molecule has 0 N–H and O–H groups in total. The molecule has 1 aromatic heterocycles. The molecule has 4 heteroatoms. The second-order valence-corrected chi connectivity index (χ2v) is 4.82. The van der Waals surface area contributed by atoms with Crippen molar-refractivity contribution in [2.24, 2.45) is 0 Å². The van der Waals surface area contributed by atoms with E-state index in [4.69, 9.17) is 9.47 Å². The summed E-state index contributed by atoms with van der Waals surface area (Å²) < 4.78 is 11.1. The Bertz CT molecular complexity index is 365. The molecule has 1 fully saturated rings. The summed E-state index contributed by atoms with van der Waals surface area (Å²) in [7, 11) is 2.10. The molecule has 100 valence electrons. The molecule has 0 saturated carbocycles. The molecule has 0 aromatic carbocycles. The molecule has 1 aliphatic heterocycles. The second kappa shape index (κ2) is 6.83. The summed E-state index contributed by atoms with van der Waals surface area (Å²) in [5, 5.41) is 0. The molecule has 0 atom stereocenters. The molecule has 0 unspecified atom stereocenters. The van der Waals surface area contributed by atoms with Gasteiger partial charge in [-0.3, -0.25) is 4.98 Å². The zero-order valence-corrected chi connectivity index (χ0v) is 11.3. The predicted molar refractivity (Wildman–Crippen MR) is 70.2 cm³/mol. The van der Waals surface area contributed by atoms with Crippen LogP contribution < -0.4 is 0 Å². The number of pyridine rings is 1. The number of nitrogens with zero attached hydrogens (tertiary/aromatic N) is 2. The van der Waals surface area contributed by atoms with E-state index in [0.717, 1.165) is 50.5 Å². The van der Waals surface area contributed by atoms with Crippen molar-refractivity contribution in [2.75, 3.05) is 26.8 Å². The summed E-state index contributed by atoms with van der Waals surface area (Å²) in [5.74, 6) is 0. The van der Waals surface area contributed by atoms with Crippen molar-refractivity contribution in [1.29, 1.82) is 0 Å². The lowest BCUT2D eigenvalue weighted by Gasteiger charge is -2.25. The van der Waals surface area contributed by atoms with E-state index in [1.807, 2.05) is 13.0 Å². The van der Waals surface area contributed by atoms with Crippen molar-refractivity contribution in [3.05, 3.63) is 29.6 Å². The van der Waals surface area contributed by atoms with E-state index in [-0.39, 0.29) is 6.29 Å². The first-order chi connectivity index (χ1) is 8.74. The van der Waals surface area contributed by atoms with Crippen LogP contribution in [0.3, 0.4) is 0 Å². The molecular weight excluding hydrogens is 228 g/mol. The monoisotopic (exact) mass is 250 g/mol. The first-order valence-corrected chi connectivity index (χ1v) is 6.58. The molecule has 0 bridgehead atoms. The molecule has 0 aliphatic carbocycles. The Hall–Kier alpha value is -0.970. The second-order valence-electron chi connectivity index (χ2n) is 4.82. The zero-order chi connectivity index (χ0) is 12.8. The minimum Gasteiger partial charge on any atom is -0.353 e. The van der Waals surface area contributed by atoms with Gasteiger partial charge in [0.05, 0.1) is 18.9 Å². The number of hydrogen-bond acceptors (Lipinski definition) is 4. The number of hydrogen-bond donors (Lipinski definition) is 0. The fourth-order valence-electron chi connectivity index (χ4n) is 2.07. The molecule has 4 nitrogen and oxygen atoms in total. The normalized spacial score (nSPS) is 17.3. The average Bonchev–Trinajstić information content (AvgIpc) is 2.38. The maximum atomic E-state index is 5.53. The molecule has 0 spiro atoms. The highest BCUT2D eigenvalue weighted by Gasteiger charge is 2.14. The quantitative estimate of drug-likeness (QED) is 0.800. The average molecular weight is 250 g/mol. The lowest BCUT2D eigenvalue weighted by Crippen LogP contribution is -2.30. The molecule has 1 aromatic rings. The molecule has 1 saturated heterocycles. The molecule has 0 radical (unpaired) electrons. The highest BCUT2D eigenvalue weighted by molar-refractivity contribution is 5.09. The standard InChI is InChI=1S/C14H22N2O2/c1-12-5-3-6-13(15-12)11-16(2)8-7-14-17-9-4-10-18-14/h3,5-6,14H,4,7-11H2,1-2H3. The SMILES string of the molecule is Cc1cccc(CN(C)CCC2OCCCO2)n1. The summed E-state index contributed by atoms with van der Waals surface area (Å²) in [6.45, 7) is 5.50. The van der Waals surface area contributed by atoms with Crippen molar-refractivity contribution >= 4 is 0 Å². The molecule has 2 heterocycles. The van der Waals surface area contributed by atoms with Crippen molar-refractivity contribution in [3.63, 3.8) is 0 Å². The highest BCUT2D eigenvalue weighted by atomic mass is 16.7. The Morgan fingerprint density at radius 1 is 1.33 bits per heavy atom. The minimum atomic E-state index is -0.0216. The Balaban J connectivity index is 1.72. The predicted octanol–water partition coefficient (Wildman–Crippen LogP) is 1.97. The third-order valence-electron chi connectivity index (χ3n) is 3.02. The topological polar surface area (TPSA) is 34.6 Å². The largest absolute Gasteiger partial charge is 0.353 e. The number of ether oxygens (including phenoxy) is 2. The number of aromatic nitrogens is 1. The van der Waals surface area contributed by atoms with Gasteiger partial charge >= 0.3 is 0 Å². The van der Waals surface area contributed by atoms with Crippen molar-refractivity contribution in [2.45, 2.75) is 32.6 Å².